The zero-order valence-corrected chi connectivity index (χ0v) is 19.1. The molecule has 0 saturated carbocycles. The third kappa shape index (κ3) is 5.16. The maximum absolute atomic E-state index is 13.3. The molecule has 0 aliphatic rings. The van der Waals surface area contributed by atoms with Gasteiger partial charge in [-0.15, -0.1) is 0 Å². The number of ether oxygens (including phenoxy) is 1. The highest BCUT2D eigenvalue weighted by Gasteiger charge is 2.27. The average molecular weight is 451 g/mol. The smallest absolute Gasteiger partial charge is 0.354 e. The van der Waals surface area contributed by atoms with Crippen LogP contribution < -0.4 is 0 Å². The molecule has 0 radical (unpaired) electrons. The summed E-state index contributed by atoms with van der Waals surface area (Å²) in [7, 11) is 2.97. The first-order valence-electron chi connectivity index (χ1n) is 10.5. The Labute approximate surface area is 191 Å². The Morgan fingerprint density at radius 1 is 1.09 bits per heavy atom. The van der Waals surface area contributed by atoms with E-state index < -0.39 is 17.7 Å². The molecule has 0 atom stereocenters. The van der Waals surface area contributed by atoms with E-state index in [1.807, 2.05) is 12.1 Å². The van der Waals surface area contributed by atoms with Crippen LogP contribution in [-0.4, -0.2) is 52.3 Å². The molecule has 1 aromatic carbocycles. The molecule has 0 bridgehead atoms. The molecule has 0 unspecified atom stereocenters. The van der Waals surface area contributed by atoms with Crippen LogP contribution in [0.1, 0.15) is 48.2 Å². The van der Waals surface area contributed by atoms with Gasteiger partial charge < -0.3 is 14.2 Å². The fourth-order valence-electron chi connectivity index (χ4n) is 3.85. The lowest BCUT2D eigenvalue weighted by Gasteiger charge is -2.22. The Bertz CT molecular complexity index is 1170. The van der Waals surface area contributed by atoms with Crippen molar-refractivity contribution in [2.75, 3.05) is 20.2 Å². The van der Waals surface area contributed by atoms with E-state index >= 15 is 0 Å². The van der Waals surface area contributed by atoms with Gasteiger partial charge in [-0.3, -0.25) is 14.6 Å². The quantitative estimate of drug-likeness (QED) is 0.387. The second-order valence-corrected chi connectivity index (χ2v) is 7.71. The van der Waals surface area contributed by atoms with Gasteiger partial charge in [0.15, 0.2) is 5.78 Å². The van der Waals surface area contributed by atoms with Gasteiger partial charge in [-0.25, -0.2) is 9.18 Å². The highest BCUT2D eigenvalue weighted by atomic mass is 19.1. The molecule has 2 aromatic heterocycles. The second-order valence-electron chi connectivity index (χ2n) is 7.71. The molecule has 0 aliphatic heterocycles. The number of pyridine rings is 1. The summed E-state index contributed by atoms with van der Waals surface area (Å²) in [6, 6.07) is 10.7. The number of esters is 1. The summed E-state index contributed by atoms with van der Waals surface area (Å²) in [5, 5.41) is 0. The van der Waals surface area contributed by atoms with E-state index in [1.54, 1.807) is 37.7 Å². The number of hydrogen-bond acceptors (Lipinski definition) is 5. The van der Waals surface area contributed by atoms with Crippen LogP contribution in [0.4, 0.5) is 4.39 Å². The van der Waals surface area contributed by atoms with E-state index in [2.05, 4.69) is 4.98 Å². The van der Waals surface area contributed by atoms with Crippen molar-refractivity contribution < 1.29 is 23.5 Å². The van der Waals surface area contributed by atoms with Crippen LogP contribution in [0.15, 0.2) is 48.7 Å². The van der Waals surface area contributed by atoms with Crippen LogP contribution in [0, 0.1) is 19.7 Å². The van der Waals surface area contributed by atoms with Gasteiger partial charge in [-0.1, -0.05) is 6.07 Å². The molecule has 8 heteroatoms. The third-order valence-corrected chi connectivity index (χ3v) is 5.66. The number of aromatic nitrogens is 2. The first-order valence-corrected chi connectivity index (χ1v) is 10.5. The van der Waals surface area contributed by atoms with Crippen LogP contribution in [0.25, 0.3) is 0 Å². The topological polar surface area (TPSA) is 81.5 Å². The lowest BCUT2D eigenvalue weighted by atomic mass is 10.0. The van der Waals surface area contributed by atoms with Crippen molar-refractivity contribution in [3.63, 3.8) is 0 Å². The van der Waals surface area contributed by atoms with E-state index in [-0.39, 0.29) is 24.4 Å². The summed E-state index contributed by atoms with van der Waals surface area (Å²) in [4.78, 5) is 44.4. The van der Waals surface area contributed by atoms with Gasteiger partial charge in [0.25, 0.3) is 5.91 Å². The van der Waals surface area contributed by atoms with Gasteiger partial charge in [-0.05, 0) is 55.8 Å². The van der Waals surface area contributed by atoms with Crippen LogP contribution in [0.5, 0.6) is 0 Å². The molecule has 0 fully saturated rings. The number of hydrogen-bond donors (Lipinski definition) is 0. The molecule has 0 N–H and O–H groups in total. The highest BCUT2D eigenvalue weighted by Crippen LogP contribution is 2.23. The number of Topliss-reactive ketones (excluding diaryl/α,β-unsaturated/α-hetero) is 1. The van der Waals surface area contributed by atoms with Gasteiger partial charge in [0, 0.05) is 48.7 Å². The maximum atomic E-state index is 13.3. The molecular weight excluding hydrogens is 425 g/mol. The number of methoxy groups -OCH3 is 1. The molecule has 3 aromatic rings. The summed E-state index contributed by atoms with van der Waals surface area (Å²) in [5.41, 5.74) is 2.85. The Hall–Kier alpha value is -3.81. The summed E-state index contributed by atoms with van der Waals surface area (Å²) >= 11 is 0. The molecule has 0 saturated heterocycles. The number of ketones is 1. The zero-order valence-electron chi connectivity index (χ0n) is 19.1. The van der Waals surface area contributed by atoms with E-state index in [4.69, 9.17) is 4.74 Å². The van der Waals surface area contributed by atoms with E-state index in [9.17, 15) is 18.8 Å². The third-order valence-electron chi connectivity index (χ3n) is 5.66. The second kappa shape index (κ2) is 10.2. The van der Waals surface area contributed by atoms with Crippen LogP contribution in [-0.2, 0) is 18.2 Å². The predicted molar refractivity (Wildman–Crippen MR) is 121 cm³/mol. The number of nitrogens with zero attached hydrogens (tertiary/aromatic N) is 3. The fraction of sp³-hybridized carbons (Fsp3) is 0.280. The van der Waals surface area contributed by atoms with Crippen LogP contribution in [0.2, 0.25) is 0 Å². The number of halogens is 1. The van der Waals surface area contributed by atoms with Crippen molar-refractivity contribution in [3.05, 3.63) is 88.3 Å². The predicted octanol–water partition coefficient (Wildman–Crippen LogP) is 3.53. The van der Waals surface area contributed by atoms with Gasteiger partial charge >= 0.3 is 5.97 Å². The summed E-state index contributed by atoms with van der Waals surface area (Å²) < 4.78 is 19.8. The number of carbonyl (C=O) groups excluding carboxylic acids is 3. The molecule has 1 amide bonds. The molecule has 0 spiro atoms. The van der Waals surface area contributed by atoms with E-state index in [0.29, 0.717) is 28.9 Å². The zero-order chi connectivity index (χ0) is 24.1. The SMILES string of the molecule is COC(=O)c1c(C)c(C(=O)CN(CCc2ccccn2)C(=O)c2ccc(F)cc2)c(C)n1C. The summed E-state index contributed by atoms with van der Waals surface area (Å²) in [6.07, 6.45) is 2.11. The normalized spacial score (nSPS) is 10.7. The minimum atomic E-state index is -0.536. The number of amides is 1. The molecule has 3 rings (SSSR count). The van der Waals surface area contributed by atoms with Gasteiger partial charge in [0.2, 0.25) is 0 Å². The first kappa shape index (κ1) is 23.8. The monoisotopic (exact) mass is 451 g/mol. The largest absolute Gasteiger partial charge is 0.464 e. The lowest BCUT2D eigenvalue weighted by molar-refractivity contribution is 0.0588. The molecule has 2 heterocycles. The average Bonchev–Trinajstić information content (AvgIpc) is 3.04. The number of carbonyl (C=O) groups is 3. The minimum absolute atomic E-state index is 0.199. The first-order chi connectivity index (χ1) is 15.7. The van der Waals surface area contributed by atoms with Crippen molar-refractivity contribution in [1.82, 2.24) is 14.5 Å². The van der Waals surface area contributed by atoms with Crippen LogP contribution >= 0.6 is 0 Å². The molecule has 7 nitrogen and oxygen atoms in total. The van der Waals surface area contributed by atoms with Crippen molar-refractivity contribution in [3.8, 4) is 0 Å². The summed E-state index contributed by atoms with van der Waals surface area (Å²) in [5.74, 6) is -1.67. The molecule has 33 heavy (non-hydrogen) atoms. The maximum Gasteiger partial charge on any atom is 0.354 e. The molecule has 0 aliphatic carbocycles. The van der Waals surface area contributed by atoms with Gasteiger partial charge in [0.05, 0.1) is 13.7 Å². The van der Waals surface area contributed by atoms with Gasteiger partial charge in [-0.2, -0.15) is 0 Å². The van der Waals surface area contributed by atoms with E-state index in [1.165, 1.54) is 36.3 Å². The van der Waals surface area contributed by atoms with Crippen molar-refractivity contribution in [1.29, 1.82) is 0 Å². The van der Waals surface area contributed by atoms with Crippen molar-refractivity contribution >= 4 is 17.7 Å². The Balaban J connectivity index is 1.90. The Morgan fingerprint density at radius 3 is 2.39 bits per heavy atom. The highest BCUT2D eigenvalue weighted by molar-refractivity contribution is 6.06. The van der Waals surface area contributed by atoms with Crippen molar-refractivity contribution in [2.24, 2.45) is 7.05 Å². The fourth-order valence-corrected chi connectivity index (χ4v) is 3.85. The van der Waals surface area contributed by atoms with Crippen LogP contribution in [0.3, 0.4) is 0 Å². The van der Waals surface area contributed by atoms with Gasteiger partial charge in [0.1, 0.15) is 11.5 Å². The Morgan fingerprint density at radius 2 is 1.79 bits per heavy atom. The standard InChI is InChI=1S/C25H26FN3O4/c1-16-22(17(2)28(3)23(16)25(32)33-4)21(30)15-29(14-12-20-7-5-6-13-27-20)24(31)18-8-10-19(26)11-9-18/h5-11,13H,12,14-15H2,1-4H3. The summed E-state index contributed by atoms with van der Waals surface area (Å²) in [6.45, 7) is 3.47. The number of rotatable bonds is 8. The number of benzene rings is 1. The van der Waals surface area contributed by atoms with E-state index in [0.717, 1.165) is 5.69 Å². The Kier molecular flexibility index (Phi) is 7.37. The van der Waals surface area contributed by atoms with Crippen molar-refractivity contribution in [2.45, 2.75) is 20.3 Å². The molecule has 172 valence electrons. The minimum Gasteiger partial charge on any atom is -0.464 e. The lowest BCUT2D eigenvalue weighted by Crippen LogP contribution is -2.37. The molecular formula is C25H26FN3O4.